The van der Waals surface area contributed by atoms with Gasteiger partial charge in [-0.1, -0.05) is 0 Å². The quantitative estimate of drug-likeness (QED) is 0.734. The van der Waals surface area contributed by atoms with E-state index in [-0.39, 0.29) is 18.6 Å². The molecule has 1 spiro atoms. The van der Waals surface area contributed by atoms with Gasteiger partial charge in [0.15, 0.2) is 5.79 Å². The Labute approximate surface area is 83.2 Å². The number of ether oxygens (including phenoxy) is 2. The first-order chi connectivity index (χ1) is 6.60. The Hall–Kier alpha value is -0.610. The first-order valence-electron chi connectivity index (χ1n) is 5.17. The minimum atomic E-state index is -0.793. The van der Waals surface area contributed by atoms with Crippen LogP contribution in [0.4, 0.5) is 0 Å². The Morgan fingerprint density at radius 1 is 1.43 bits per heavy atom. The first-order valence-corrected chi connectivity index (χ1v) is 5.17. The highest BCUT2D eigenvalue weighted by molar-refractivity contribution is 5.67. The smallest absolute Gasteiger partial charge is 0.305 e. The maximum atomic E-state index is 10.5. The summed E-state index contributed by atoms with van der Waals surface area (Å²) in [5, 5.41) is 8.64. The van der Waals surface area contributed by atoms with E-state index in [1.54, 1.807) is 0 Å². The van der Waals surface area contributed by atoms with E-state index in [0.29, 0.717) is 0 Å². The molecule has 3 atom stereocenters. The van der Waals surface area contributed by atoms with Crippen LogP contribution < -0.4 is 0 Å². The van der Waals surface area contributed by atoms with E-state index in [9.17, 15) is 4.79 Å². The van der Waals surface area contributed by atoms with Gasteiger partial charge in [-0.2, -0.15) is 0 Å². The summed E-state index contributed by atoms with van der Waals surface area (Å²) >= 11 is 0. The van der Waals surface area contributed by atoms with Gasteiger partial charge in [0.2, 0.25) is 0 Å². The highest BCUT2D eigenvalue weighted by atomic mass is 16.7. The van der Waals surface area contributed by atoms with E-state index < -0.39 is 11.8 Å². The summed E-state index contributed by atoms with van der Waals surface area (Å²) in [5.74, 6) is -1.24. The van der Waals surface area contributed by atoms with E-state index in [1.807, 2.05) is 6.92 Å². The molecular formula is C10H16O4. The Kier molecular flexibility index (Phi) is 2.49. The zero-order chi connectivity index (χ0) is 10.2. The van der Waals surface area contributed by atoms with Crippen LogP contribution in [0.5, 0.6) is 0 Å². The maximum Gasteiger partial charge on any atom is 0.305 e. The second-order valence-electron chi connectivity index (χ2n) is 4.25. The van der Waals surface area contributed by atoms with E-state index in [2.05, 4.69) is 0 Å². The number of carbonyl (C=O) groups is 1. The van der Waals surface area contributed by atoms with Crippen molar-refractivity contribution in [3.63, 3.8) is 0 Å². The number of rotatable bonds is 2. The lowest BCUT2D eigenvalue weighted by Crippen LogP contribution is -2.29. The van der Waals surface area contributed by atoms with Crippen molar-refractivity contribution in [1.29, 1.82) is 0 Å². The SMILES string of the molecule is CC1CCC2(CCC(CC(=O)O)O2)O1. The molecule has 80 valence electrons. The fourth-order valence-corrected chi connectivity index (χ4v) is 2.32. The summed E-state index contributed by atoms with van der Waals surface area (Å²) in [6.07, 6.45) is 3.76. The second-order valence-corrected chi connectivity index (χ2v) is 4.25. The molecule has 2 aliphatic heterocycles. The molecule has 14 heavy (non-hydrogen) atoms. The zero-order valence-corrected chi connectivity index (χ0v) is 8.36. The molecule has 0 radical (unpaired) electrons. The van der Waals surface area contributed by atoms with Gasteiger partial charge in [-0.05, 0) is 19.8 Å². The molecule has 0 bridgehead atoms. The number of carboxylic acid groups (broad SMARTS) is 1. The predicted molar refractivity (Wildman–Crippen MR) is 48.9 cm³/mol. The summed E-state index contributed by atoms with van der Waals surface area (Å²) in [6, 6.07) is 0. The summed E-state index contributed by atoms with van der Waals surface area (Å²) < 4.78 is 11.4. The fourth-order valence-electron chi connectivity index (χ4n) is 2.32. The van der Waals surface area contributed by atoms with Crippen molar-refractivity contribution in [2.75, 3.05) is 0 Å². The Bertz CT molecular complexity index is 240. The molecule has 0 amide bonds. The number of aliphatic carboxylic acids is 1. The first kappa shape index (κ1) is 9.93. The summed E-state index contributed by atoms with van der Waals surface area (Å²) in [6.45, 7) is 2.03. The largest absolute Gasteiger partial charge is 0.481 e. The molecular weight excluding hydrogens is 184 g/mol. The third kappa shape index (κ3) is 1.91. The summed E-state index contributed by atoms with van der Waals surface area (Å²) in [4.78, 5) is 10.5. The van der Waals surface area contributed by atoms with Crippen LogP contribution in [0, 0.1) is 0 Å². The highest BCUT2D eigenvalue weighted by Crippen LogP contribution is 2.42. The molecule has 4 heteroatoms. The molecule has 4 nitrogen and oxygen atoms in total. The van der Waals surface area contributed by atoms with Crippen LogP contribution in [-0.2, 0) is 14.3 Å². The van der Waals surface area contributed by atoms with Gasteiger partial charge in [0, 0.05) is 12.8 Å². The average Bonchev–Trinajstić information content (AvgIpc) is 2.60. The maximum absolute atomic E-state index is 10.5. The number of hydrogen-bond acceptors (Lipinski definition) is 3. The average molecular weight is 200 g/mol. The van der Waals surface area contributed by atoms with Crippen LogP contribution in [0.15, 0.2) is 0 Å². The number of hydrogen-bond donors (Lipinski definition) is 1. The topological polar surface area (TPSA) is 55.8 Å². The van der Waals surface area contributed by atoms with Crippen LogP contribution in [-0.4, -0.2) is 29.1 Å². The van der Waals surface area contributed by atoms with Gasteiger partial charge < -0.3 is 14.6 Å². The van der Waals surface area contributed by atoms with Crippen LogP contribution in [0.1, 0.15) is 39.0 Å². The molecule has 2 aliphatic rings. The van der Waals surface area contributed by atoms with Crippen molar-refractivity contribution in [1.82, 2.24) is 0 Å². The Balaban J connectivity index is 1.91. The molecule has 2 rings (SSSR count). The molecule has 0 aromatic rings. The van der Waals surface area contributed by atoms with Crippen molar-refractivity contribution >= 4 is 5.97 Å². The zero-order valence-electron chi connectivity index (χ0n) is 8.36. The normalized spacial score (nSPS) is 42.1. The lowest BCUT2D eigenvalue weighted by molar-refractivity contribution is -0.214. The molecule has 2 heterocycles. The summed E-state index contributed by atoms with van der Waals surface area (Å²) in [7, 11) is 0. The van der Waals surface area contributed by atoms with E-state index in [4.69, 9.17) is 14.6 Å². The third-order valence-corrected chi connectivity index (χ3v) is 2.98. The third-order valence-electron chi connectivity index (χ3n) is 2.98. The molecule has 0 aromatic carbocycles. The molecule has 2 fully saturated rings. The van der Waals surface area contributed by atoms with Gasteiger partial charge in [0.1, 0.15) is 0 Å². The minimum absolute atomic E-state index is 0.0967. The van der Waals surface area contributed by atoms with Crippen LogP contribution in [0.3, 0.4) is 0 Å². The van der Waals surface area contributed by atoms with E-state index in [0.717, 1.165) is 25.7 Å². The van der Waals surface area contributed by atoms with Crippen molar-refractivity contribution in [3.05, 3.63) is 0 Å². The highest BCUT2D eigenvalue weighted by Gasteiger charge is 2.46. The van der Waals surface area contributed by atoms with Gasteiger partial charge in [0.05, 0.1) is 18.6 Å². The molecule has 0 saturated carbocycles. The van der Waals surface area contributed by atoms with Crippen LogP contribution in [0.25, 0.3) is 0 Å². The van der Waals surface area contributed by atoms with Gasteiger partial charge in [-0.25, -0.2) is 0 Å². The molecule has 1 N–H and O–H groups in total. The Morgan fingerprint density at radius 3 is 2.71 bits per heavy atom. The van der Waals surface area contributed by atoms with E-state index >= 15 is 0 Å². The van der Waals surface area contributed by atoms with Crippen LogP contribution >= 0.6 is 0 Å². The lowest BCUT2D eigenvalue weighted by Gasteiger charge is -2.23. The lowest BCUT2D eigenvalue weighted by atomic mass is 10.1. The van der Waals surface area contributed by atoms with Crippen molar-refractivity contribution in [2.45, 2.75) is 57.0 Å². The van der Waals surface area contributed by atoms with Gasteiger partial charge in [0.25, 0.3) is 0 Å². The van der Waals surface area contributed by atoms with E-state index in [1.165, 1.54) is 0 Å². The molecule has 3 unspecified atom stereocenters. The van der Waals surface area contributed by atoms with Crippen molar-refractivity contribution in [3.8, 4) is 0 Å². The number of carboxylic acids is 1. The van der Waals surface area contributed by atoms with Gasteiger partial charge in [-0.3, -0.25) is 4.79 Å². The van der Waals surface area contributed by atoms with Gasteiger partial charge >= 0.3 is 5.97 Å². The molecule has 0 aliphatic carbocycles. The van der Waals surface area contributed by atoms with Crippen molar-refractivity contribution < 1.29 is 19.4 Å². The fraction of sp³-hybridized carbons (Fsp3) is 0.900. The summed E-state index contributed by atoms with van der Waals surface area (Å²) in [5.41, 5.74) is 0. The molecule has 0 aromatic heterocycles. The second kappa shape index (κ2) is 3.51. The predicted octanol–water partition coefficient (Wildman–Crippen LogP) is 1.54. The monoisotopic (exact) mass is 200 g/mol. The Morgan fingerprint density at radius 2 is 2.14 bits per heavy atom. The minimum Gasteiger partial charge on any atom is -0.481 e. The van der Waals surface area contributed by atoms with Crippen LogP contribution in [0.2, 0.25) is 0 Å². The van der Waals surface area contributed by atoms with Crippen molar-refractivity contribution in [2.24, 2.45) is 0 Å². The van der Waals surface area contributed by atoms with Gasteiger partial charge in [-0.15, -0.1) is 0 Å². The standard InChI is InChI=1S/C10H16O4/c1-7-2-4-10(13-7)5-3-8(14-10)6-9(11)12/h7-8H,2-6H2,1H3,(H,11,12). The molecule has 2 saturated heterocycles.